The summed E-state index contributed by atoms with van der Waals surface area (Å²) >= 11 is 4.25. The van der Waals surface area contributed by atoms with E-state index in [0.29, 0.717) is 22.6 Å². The smallest absolute Gasteiger partial charge is 0.293 e. The highest BCUT2D eigenvalue weighted by molar-refractivity contribution is 9.10. The number of imide groups is 1. The summed E-state index contributed by atoms with van der Waals surface area (Å²) in [6.45, 7) is 0.269. The molecule has 3 aromatic carbocycles. The number of hydrogen-bond donors (Lipinski definition) is 0. The first-order valence-corrected chi connectivity index (χ1v) is 12.1. The number of halogens is 1. The van der Waals surface area contributed by atoms with E-state index in [-0.39, 0.29) is 35.6 Å². The van der Waals surface area contributed by atoms with Gasteiger partial charge in [0, 0.05) is 16.1 Å². The van der Waals surface area contributed by atoms with E-state index in [1.807, 2.05) is 18.2 Å². The van der Waals surface area contributed by atoms with Crippen LogP contribution in [0.4, 0.5) is 10.5 Å². The Bertz CT molecular complexity index is 1300. The van der Waals surface area contributed by atoms with Crippen LogP contribution in [0.15, 0.2) is 82.2 Å². The number of rotatable bonds is 9. The number of ether oxygens (including phenoxy) is 2. The molecule has 1 saturated heterocycles. The van der Waals surface area contributed by atoms with Gasteiger partial charge in [-0.1, -0.05) is 46.3 Å². The van der Waals surface area contributed by atoms with Gasteiger partial charge in [-0.25, -0.2) is 0 Å². The largest absolute Gasteiger partial charge is 0.492 e. The van der Waals surface area contributed by atoms with Crippen molar-refractivity contribution in [2.45, 2.75) is 6.61 Å². The molecule has 0 atom stereocenters. The summed E-state index contributed by atoms with van der Waals surface area (Å²) in [6.07, 6.45) is 1.59. The molecule has 1 aliphatic rings. The molecule has 1 aliphatic heterocycles. The van der Waals surface area contributed by atoms with Gasteiger partial charge < -0.3 is 9.47 Å². The van der Waals surface area contributed by atoms with Gasteiger partial charge in [0.05, 0.1) is 21.9 Å². The van der Waals surface area contributed by atoms with Gasteiger partial charge in [-0.05, 0) is 54.2 Å². The molecular formula is C25H19BrN2O6S. The van der Waals surface area contributed by atoms with Crippen molar-refractivity contribution >= 4 is 50.6 Å². The third-order valence-corrected chi connectivity index (χ3v) is 6.43. The van der Waals surface area contributed by atoms with Crippen molar-refractivity contribution < 1.29 is 24.0 Å². The number of amides is 2. The van der Waals surface area contributed by atoms with E-state index < -0.39 is 10.8 Å². The Kier molecular flexibility index (Phi) is 7.84. The van der Waals surface area contributed by atoms with Crippen LogP contribution in [0, 0.1) is 10.1 Å². The Morgan fingerprint density at radius 2 is 1.74 bits per heavy atom. The van der Waals surface area contributed by atoms with E-state index in [2.05, 4.69) is 15.9 Å². The fraction of sp³-hybridized carbons (Fsp3) is 0.120. The zero-order chi connectivity index (χ0) is 24.8. The number of thioether (sulfide) groups is 1. The number of hydrogen-bond acceptors (Lipinski definition) is 7. The van der Waals surface area contributed by atoms with Gasteiger partial charge in [0.1, 0.15) is 24.7 Å². The number of nitrogens with zero attached hydrogens (tertiary/aromatic N) is 2. The maximum absolute atomic E-state index is 12.9. The first-order valence-electron chi connectivity index (χ1n) is 10.5. The Morgan fingerprint density at radius 1 is 1.00 bits per heavy atom. The minimum atomic E-state index is -0.460. The van der Waals surface area contributed by atoms with E-state index in [9.17, 15) is 19.7 Å². The number of nitro groups is 1. The zero-order valence-electron chi connectivity index (χ0n) is 18.3. The van der Waals surface area contributed by atoms with Crippen LogP contribution in [-0.4, -0.2) is 34.1 Å². The first kappa shape index (κ1) is 24.5. The average molecular weight is 555 g/mol. The fourth-order valence-corrected chi connectivity index (χ4v) is 4.57. The molecule has 0 radical (unpaired) electrons. The van der Waals surface area contributed by atoms with Gasteiger partial charge >= 0.3 is 0 Å². The van der Waals surface area contributed by atoms with Crippen LogP contribution in [0.1, 0.15) is 11.1 Å². The van der Waals surface area contributed by atoms with Gasteiger partial charge in [0.2, 0.25) is 0 Å². The molecule has 10 heteroatoms. The van der Waals surface area contributed by atoms with Crippen molar-refractivity contribution in [1.29, 1.82) is 0 Å². The Morgan fingerprint density at radius 3 is 2.51 bits per heavy atom. The van der Waals surface area contributed by atoms with Crippen LogP contribution in [0.5, 0.6) is 11.5 Å². The number of nitro benzene ring substituents is 1. The first-order chi connectivity index (χ1) is 16.9. The minimum absolute atomic E-state index is 0.0298. The average Bonchev–Trinajstić information content (AvgIpc) is 3.11. The van der Waals surface area contributed by atoms with Crippen molar-refractivity contribution in [3.8, 4) is 11.5 Å². The standard InChI is InChI=1S/C25H19BrN2O6S/c26-19-10-11-22(34-16-17-6-4-5-9-21(17)28(31)32)18(14-19)15-23-24(29)27(25(30)35-23)12-13-33-20-7-2-1-3-8-20/h1-11,14-15H,12-13,16H2/b23-15-. The lowest BCUT2D eigenvalue weighted by molar-refractivity contribution is -0.385. The van der Waals surface area contributed by atoms with Crippen LogP contribution in [0.25, 0.3) is 6.08 Å². The van der Waals surface area contributed by atoms with Crippen LogP contribution in [-0.2, 0) is 11.4 Å². The number of benzene rings is 3. The third-order valence-electron chi connectivity index (χ3n) is 5.03. The molecular weight excluding hydrogens is 536 g/mol. The highest BCUT2D eigenvalue weighted by Crippen LogP contribution is 2.35. The molecule has 0 aromatic heterocycles. The molecule has 0 unspecified atom stereocenters. The second kappa shape index (κ2) is 11.2. The molecule has 0 spiro atoms. The summed E-state index contributed by atoms with van der Waals surface area (Å²) in [5.74, 6) is 0.663. The summed E-state index contributed by atoms with van der Waals surface area (Å²) in [4.78, 5) is 37.6. The van der Waals surface area contributed by atoms with Crippen LogP contribution in [0.2, 0.25) is 0 Å². The lowest BCUT2D eigenvalue weighted by atomic mass is 10.1. The summed E-state index contributed by atoms with van der Waals surface area (Å²) in [6, 6.07) is 20.7. The monoisotopic (exact) mass is 554 g/mol. The number of carbonyl (C=O) groups excluding carboxylic acids is 2. The van der Waals surface area contributed by atoms with Gasteiger partial charge in [-0.2, -0.15) is 0 Å². The lowest BCUT2D eigenvalue weighted by Gasteiger charge is -2.13. The molecule has 0 N–H and O–H groups in total. The zero-order valence-corrected chi connectivity index (χ0v) is 20.7. The summed E-state index contributed by atoms with van der Waals surface area (Å²) < 4.78 is 12.2. The van der Waals surface area contributed by atoms with Crippen LogP contribution < -0.4 is 9.47 Å². The molecule has 2 amide bonds. The Balaban J connectivity index is 1.48. The summed E-state index contributed by atoms with van der Waals surface area (Å²) in [5.41, 5.74) is 0.944. The molecule has 3 aromatic rings. The number of carbonyl (C=O) groups is 2. The highest BCUT2D eigenvalue weighted by Gasteiger charge is 2.35. The topological polar surface area (TPSA) is 99.0 Å². The van der Waals surface area contributed by atoms with Crippen LogP contribution >= 0.6 is 27.7 Å². The highest BCUT2D eigenvalue weighted by atomic mass is 79.9. The second-order valence-corrected chi connectivity index (χ2v) is 9.26. The molecule has 0 saturated carbocycles. The quantitative estimate of drug-likeness (QED) is 0.180. The van der Waals surface area contributed by atoms with Gasteiger partial charge in [-0.3, -0.25) is 24.6 Å². The summed E-state index contributed by atoms with van der Waals surface area (Å²) in [7, 11) is 0. The SMILES string of the molecule is O=C1S/C(=C\c2cc(Br)ccc2OCc2ccccc2[N+](=O)[O-])C(=O)N1CCOc1ccccc1. The van der Waals surface area contributed by atoms with E-state index in [1.54, 1.807) is 54.6 Å². The lowest BCUT2D eigenvalue weighted by Crippen LogP contribution is -2.32. The number of para-hydroxylation sites is 2. The molecule has 1 fully saturated rings. The van der Waals surface area contributed by atoms with E-state index >= 15 is 0 Å². The molecule has 0 bridgehead atoms. The molecule has 35 heavy (non-hydrogen) atoms. The Hall–Kier alpha value is -3.63. The predicted molar refractivity (Wildman–Crippen MR) is 136 cm³/mol. The van der Waals surface area contributed by atoms with Crippen molar-refractivity contribution in [3.05, 3.63) is 103 Å². The van der Waals surface area contributed by atoms with Gasteiger partial charge in [-0.15, -0.1) is 0 Å². The second-order valence-electron chi connectivity index (χ2n) is 7.35. The van der Waals surface area contributed by atoms with Gasteiger partial charge in [0.15, 0.2) is 0 Å². The third kappa shape index (κ3) is 6.09. The van der Waals surface area contributed by atoms with Gasteiger partial charge in [0.25, 0.3) is 16.8 Å². The molecule has 0 aliphatic carbocycles. The van der Waals surface area contributed by atoms with Crippen molar-refractivity contribution in [3.63, 3.8) is 0 Å². The van der Waals surface area contributed by atoms with E-state index in [0.717, 1.165) is 21.1 Å². The van der Waals surface area contributed by atoms with E-state index in [1.165, 1.54) is 6.07 Å². The van der Waals surface area contributed by atoms with Crippen molar-refractivity contribution in [2.75, 3.05) is 13.2 Å². The maximum atomic E-state index is 12.9. The normalized spacial score (nSPS) is 14.4. The fourth-order valence-electron chi connectivity index (χ4n) is 3.34. The van der Waals surface area contributed by atoms with Crippen molar-refractivity contribution in [2.24, 2.45) is 0 Å². The van der Waals surface area contributed by atoms with Crippen LogP contribution in [0.3, 0.4) is 0 Å². The summed E-state index contributed by atoms with van der Waals surface area (Å²) in [5, 5.41) is 10.9. The molecule has 1 heterocycles. The van der Waals surface area contributed by atoms with Crippen molar-refractivity contribution in [1.82, 2.24) is 4.90 Å². The molecule has 178 valence electrons. The molecule has 4 rings (SSSR count). The molecule has 8 nitrogen and oxygen atoms in total. The minimum Gasteiger partial charge on any atom is -0.492 e. The Labute approximate surface area is 213 Å². The maximum Gasteiger partial charge on any atom is 0.293 e. The van der Waals surface area contributed by atoms with E-state index in [4.69, 9.17) is 9.47 Å². The predicted octanol–water partition coefficient (Wildman–Crippen LogP) is 6.05.